The van der Waals surface area contributed by atoms with Crippen LogP contribution < -0.4 is 0 Å². The molecular weight excluding hydrogens is 222 g/mol. The minimum absolute atomic E-state index is 0.153. The van der Waals surface area contributed by atoms with Gasteiger partial charge in [-0.2, -0.15) is 0 Å². The first-order valence-electron chi connectivity index (χ1n) is 6.15. The summed E-state index contributed by atoms with van der Waals surface area (Å²) in [5, 5.41) is 0. The molecule has 3 unspecified atom stereocenters. The van der Waals surface area contributed by atoms with Gasteiger partial charge in [0.05, 0.1) is 5.56 Å². The molecule has 0 spiro atoms. The Morgan fingerprint density at radius 1 is 1.12 bits per heavy atom. The van der Waals surface area contributed by atoms with Crippen LogP contribution in [0.15, 0.2) is 18.2 Å². The van der Waals surface area contributed by atoms with Gasteiger partial charge in [0, 0.05) is 5.92 Å². The van der Waals surface area contributed by atoms with Crippen LogP contribution in [0.5, 0.6) is 0 Å². The Hall–Kier alpha value is -1.25. The molecule has 1 aromatic carbocycles. The third kappa shape index (κ3) is 1.68. The van der Waals surface area contributed by atoms with Gasteiger partial charge in [0.15, 0.2) is 5.78 Å². The van der Waals surface area contributed by atoms with Crippen molar-refractivity contribution in [2.75, 3.05) is 0 Å². The minimum atomic E-state index is -0.724. The van der Waals surface area contributed by atoms with Crippen molar-refractivity contribution in [3.63, 3.8) is 0 Å². The molecule has 2 aliphatic carbocycles. The lowest BCUT2D eigenvalue weighted by Crippen LogP contribution is -2.23. The predicted molar refractivity (Wildman–Crippen MR) is 59.6 cm³/mol. The van der Waals surface area contributed by atoms with Crippen molar-refractivity contribution in [2.24, 2.45) is 17.8 Å². The summed E-state index contributed by atoms with van der Waals surface area (Å²) in [7, 11) is 0. The van der Waals surface area contributed by atoms with E-state index in [2.05, 4.69) is 0 Å². The molecule has 0 N–H and O–H groups in total. The van der Waals surface area contributed by atoms with E-state index in [0.29, 0.717) is 11.8 Å². The maximum absolute atomic E-state index is 13.5. The average Bonchev–Trinajstić information content (AvgIpc) is 2.90. The van der Waals surface area contributed by atoms with Gasteiger partial charge in [-0.15, -0.1) is 0 Å². The summed E-state index contributed by atoms with van der Waals surface area (Å²) < 4.78 is 27.1. The zero-order chi connectivity index (χ0) is 12.0. The van der Waals surface area contributed by atoms with Crippen LogP contribution in [-0.4, -0.2) is 5.78 Å². The summed E-state index contributed by atoms with van der Waals surface area (Å²) in [6.07, 6.45) is 4.09. The fourth-order valence-corrected chi connectivity index (χ4v) is 3.48. The van der Waals surface area contributed by atoms with Gasteiger partial charge in [0.2, 0.25) is 0 Å². The molecule has 0 aliphatic heterocycles. The zero-order valence-corrected chi connectivity index (χ0v) is 9.46. The van der Waals surface area contributed by atoms with Crippen LogP contribution in [0.1, 0.15) is 36.0 Å². The molecule has 0 radical (unpaired) electrons. The highest BCUT2D eigenvalue weighted by Crippen LogP contribution is 2.49. The molecule has 90 valence electrons. The zero-order valence-electron chi connectivity index (χ0n) is 9.46. The molecule has 1 aromatic rings. The van der Waals surface area contributed by atoms with Crippen molar-refractivity contribution in [3.05, 3.63) is 35.4 Å². The first-order valence-corrected chi connectivity index (χ1v) is 6.15. The van der Waals surface area contributed by atoms with E-state index < -0.39 is 11.6 Å². The molecule has 2 bridgehead atoms. The molecule has 0 heterocycles. The quantitative estimate of drug-likeness (QED) is 0.717. The molecule has 3 heteroatoms. The van der Waals surface area contributed by atoms with Gasteiger partial charge in [-0.05, 0) is 43.2 Å². The van der Waals surface area contributed by atoms with E-state index in [9.17, 15) is 13.6 Å². The monoisotopic (exact) mass is 236 g/mol. The average molecular weight is 236 g/mol. The summed E-state index contributed by atoms with van der Waals surface area (Å²) in [4.78, 5) is 12.2. The highest BCUT2D eigenvalue weighted by Gasteiger charge is 2.44. The number of Topliss-reactive ketones (excluding diaryl/α,β-unsaturated/α-hetero) is 1. The largest absolute Gasteiger partial charge is 0.294 e. The normalized spacial score (nSPS) is 30.8. The Balaban J connectivity index is 1.92. The van der Waals surface area contributed by atoms with E-state index >= 15 is 0 Å². The first kappa shape index (κ1) is 10.9. The van der Waals surface area contributed by atoms with Crippen LogP contribution in [-0.2, 0) is 0 Å². The second kappa shape index (κ2) is 3.90. The molecule has 1 nitrogen and oxygen atoms in total. The molecule has 0 amide bonds. The topological polar surface area (TPSA) is 17.1 Å². The molecule has 3 atom stereocenters. The van der Waals surface area contributed by atoms with E-state index in [-0.39, 0.29) is 17.3 Å². The van der Waals surface area contributed by atoms with E-state index in [1.165, 1.54) is 12.5 Å². The lowest BCUT2D eigenvalue weighted by Gasteiger charge is -2.20. The molecule has 0 saturated heterocycles. The third-order valence-corrected chi connectivity index (χ3v) is 4.28. The summed E-state index contributed by atoms with van der Waals surface area (Å²) in [5.41, 5.74) is -0.329. The SMILES string of the molecule is O=C(c1c(F)cccc1F)C1CC2CCC1C2. The molecule has 0 aromatic heterocycles. The number of carbonyl (C=O) groups is 1. The number of hydrogen-bond donors (Lipinski definition) is 0. The summed E-state index contributed by atoms with van der Waals surface area (Å²) in [5.74, 6) is -0.973. The number of halogens is 2. The molecule has 17 heavy (non-hydrogen) atoms. The fourth-order valence-electron chi connectivity index (χ4n) is 3.48. The van der Waals surface area contributed by atoms with E-state index in [0.717, 1.165) is 31.4 Å². The van der Waals surface area contributed by atoms with E-state index in [1.807, 2.05) is 0 Å². The maximum atomic E-state index is 13.5. The number of ketones is 1. The standard InChI is InChI=1S/C14H14F2O/c15-11-2-1-3-12(16)13(11)14(17)10-7-8-4-5-9(10)6-8/h1-3,8-10H,4-7H2. The van der Waals surface area contributed by atoms with E-state index in [4.69, 9.17) is 0 Å². The summed E-state index contributed by atoms with van der Waals surface area (Å²) in [6.45, 7) is 0. The fraction of sp³-hybridized carbons (Fsp3) is 0.500. The smallest absolute Gasteiger partial charge is 0.172 e. The van der Waals surface area contributed by atoms with Crippen LogP contribution in [0, 0.1) is 29.4 Å². The first-order chi connectivity index (χ1) is 8.16. The van der Waals surface area contributed by atoms with Gasteiger partial charge in [-0.25, -0.2) is 8.78 Å². The number of carbonyl (C=O) groups excluding carboxylic acids is 1. The van der Waals surface area contributed by atoms with Gasteiger partial charge >= 0.3 is 0 Å². The molecule has 2 saturated carbocycles. The summed E-state index contributed by atoms with van der Waals surface area (Å²) >= 11 is 0. The Labute approximate surface area is 98.8 Å². The number of hydrogen-bond acceptors (Lipinski definition) is 1. The Morgan fingerprint density at radius 2 is 1.82 bits per heavy atom. The van der Waals surface area contributed by atoms with Crippen LogP contribution in [0.4, 0.5) is 8.78 Å². The third-order valence-electron chi connectivity index (χ3n) is 4.28. The highest BCUT2D eigenvalue weighted by atomic mass is 19.1. The number of rotatable bonds is 2. The van der Waals surface area contributed by atoms with Gasteiger partial charge in [0.1, 0.15) is 11.6 Å². The minimum Gasteiger partial charge on any atom is -0.294 e. The second-order valence-electron chi connectivity index (χ2n) is 5.24. The molecule has 2 aliphatic rings. The second-order valence-corrected chi connectivity index (χ2v) is 5.24. The number of benzene rings is 1. The highest BCUT2D eigenvalue weighted by molar-refractivity contribution is 5.98. The number of fused-ring (bicyclic) bond motifs is 2. The predicted octanol–water partition coefficient (Wildman–Crippen LogP) is 3.58. The maximum Gasteiger partial charge on any atom is 0.172 e. The van der Waals surface area contributed by atoms with Crippen LogP contribution in [0.3, 0.4) is 0 Å². The van der Waals surface area contributed by atoms with Gasteiger partial charge in [-0.1, -0.05) is 12.5 Å². The molecule has 3 rings (SSSR count). The molecule has 2 fully saturated rings. The van der Waals surface area contributed by atoms with Gasteiger partial charge in [-0.3, -0.25) is 4.79 Å². The van der Waals surface area contributed by atoms with Crippen LogP contribution in [0.25, 0.3) is 0 Å². The van der Waals surface area contributed by atoms with Crippen molar-refractivity contribution >= 4 is 5.78 Å². The van der Waals surface area contributed by atoms with E-state index in [1.54, 1.807) is 0 Å². The lowest BCUT2D eigenvalue weighted by atomic mass is 9.83. The van der Waals surface area contributed by atoms with Crippen molar-refractivity contribution in [1.82, 2.24) is 0 Å². The van der Waals surface area contributed by atoms with Crippen molar-refractivity contribution in [2.45, 2.75) is 25.7 Å². The van der Waals surface area contributed by atoms with Crippen molar-refractivity contribution in [3.8, 4) is 0 Å². The van der Waals surface area contributed by atoms with Gasteiger partial charge in [0.25, 0.3) is 0 Å². The van der Waals surface area contributed by atoms with Crippen molar-refractivity contribution < 1.29 is 13.6 Å². The Kier molecular flexibility index (Phi) is 2.49. The summed E-state index contributed by atoms with van der Waals surface area (Å²) in [6, 6.07) is 3.61. The van der Waals surface area contributed by atoms with Crippen LogP contribution >= 0.6 is 0 Å². The lowest BCUT2D eigenvalue weighted by molar-refractivity contribution is 0.0866. The Morgan fingerprint density at radius 3 is 2.35 bits per heavy atom. The Bertz CT molecular complexity index is 449. The molecular formula is C14H14F2O. The van der Waals surface area contributed by atoms with Crippen LogP contribution in [0.2, 0.25) is 0 Å². The van der Waals surface area contributed by atoms with Gasteiger partial charge < -0.3 is 0 Å². The van der Waals surface area contributed by atoms with Crippen molar-refractivity contribution in [1.29, 1.82) is 0 Å².